The first kappa shape index (κ1) is 15.4. The number of amides is 2. The number of benzene rings is 1. The summed E-state index contributed by atoms with van der Waals surface area (Å²) in [6.45, 7) is 1.22. The van der Waals surface area contributed by atoms with Crippen molar-refractivity contribution < 1.29 is 14.7 Å². The van der Waals surface area contributed by atoms with Crippen molar-refractivity contribution in [3.63, 3.8) is 0 Å². The van der Waals surface area contributed by atoms with Crippen LogP contribution in [0.25, 0.3) is 0 Å². The molecule has 1 aromatic carbocycles. The average Bonchev–Trinajstić information content (AvgIpc) is 2.98. The molecule has 1 saturated carbocycles. The lowest BCUT2D eigenvalue weighted by Crippen LogP contribution is -2.39. The van der Waals surface area contributed by atoms with Gasteiger partial charge in [-0.1, -0.05) is 25.0 Å². The van der Waals surface area contributed by atoms with E-state index in [-0.39, 0.29) is 11.6 Å². The summed E-state index contributed by atoms with van der Waals surface area (Å²) in [5.41, 5.74) is 1.14. The van der Waals surface area contributed by atoms with Gasteiger partial charge in [0.15, 0.2) is 0 Å². The van der Waals surface area contributed by atoms with Gasteiger partial charge < -0.3 is 15.3 Å². The first-order chi connectivity index (χ1) is 10.1. The summed E-state index contributed by atoms with van der Waals surface area (Å²) in [4.78, 5) is 24.5. The summed E-state index contributed by atoms with van der Waals surface area (Å²) in [7, 11) is 1.82. The van der Waals surface area contributed by atoms with Crippen LogP contribution in [0.5, 0.6) is 0 Å². The third kappa shape index (κ3) is 4.48. The van der Waals surface area contributed by atoms with Crippen LogP contribution >= 0.6 is 0 Å². The maximum absolute atomic E-state index is 12.0. The van der Waals surface area contributed by atoms with Crippen LogP contribution in [0.2, 0.25) is 0 Å². The number of carboxylic acid groups (broad SMARTS) is 1. The third-order valence-corrected chi connectivity index (χ3v) is 4.00. The molecule has 0 aromatic heterocycles. The van der Waals surface area contributed by atoms with Gasteiger partial charge in [0, 0.05) is 20.1 Å². The highest BCUT2D eigenvalue weighted by Crippen LogP contribution is 2.25. The van der Waals surface area contributed by atoms with E-state index in [2.05, 4.69) is 5.32 Å². The minimum absolute atomic E-state index is 0.0794. The van der Waals surface area contributed by atoms with Crippen molar-refractivity contribution >= 4 is 12.0 Å². The molecule has 0 heterocycles. The minimum atomic E-state index is -0.943. The lowest BCUT2D eigenvalue weighted by atomic mass is 10.1. The maximum atomic E-state index is 12.0. The van der Waals surface area contributed by atoms with Crippen LogP contribution in [0.3, 0.4) is 0 Å². The molecule has 2 rings (SSSR count). The maximum Gasteiger partial charge on any atom is 0.335 e. The molecule has 21 heavy (non-hydrogen) atoms. The van der Waals surface area contributed by atoms with Gasteiger partial charge in [-0.2, -0.15) is 0 Å². The van der Waals surface area contributed by atoms with Crippen molar-refractivity contribution in [2.75, 3.05) is 13.6 Å². The average molecular weight is 290 g/mol. The molecule has 2 N–H and O–H groups in total. The van der Waals surface area contributed by atoms with E-state index in [1.54, 1.807) is 29.2 Å². The summed E-state index contributed by atoms with van der Waals surface area (Å²) in [6.07, 6.45) is 4.98. The highest BCUT2D eigenvalue weighted by molar-refractivity contribution is 5.87. The van der Waals surface area contributed by atoms with Gasteiger partial charge in [0.05, 0.1) is 5.56 Å². The Labute approximate surface area is 125 Å². The van der Waals surface area contributed by atoms with Crippen LogP contribution in [-0.2, 0) is 6.54 Å². The summed E-state index contributed by atoms with van der Waals surface area (Å²) < 4.78 is 0. The van der Waals surface area contributed by atoms with Gasteiger partial charge in [-0.05, 0) is 36.5 Å². The predicted octanol–water partition coefficient (Wildman–Crippen LogP) is 2.72. The fourth-order valence-corrected chi connectivity index (χ4v) is 2.74. The molecular formula is C16H22N2O3. The topological polar surface area (TPSA) is 69.6 Å². The van der Waals surface area contributed by atoms with E-state index in [1.807, 2.05) is 7.05 Å². The molecule has 0 spiro atoms. The number of carboxylic acids is 1. The number of urea groups is 1. The summed E-state index contributed by atoms with van der Waals surface area (Å²) in [5, 5.41) is 11.7. The van der Waals surface area contributed by atoms with Crippen molar-refractivity contribution in [3.8, 4) is 0 Å². The van der Waals surface area contributed by atoms with E-state index in [9.17, 15) is 9.59 Å². The zero-order valence-electron chi connectivity index (χ0n) is 12.3. The van der Waals surface area contributed by atoms with E-state index in [1.165, 1.54) is 25.7 Å². The molecule has 0 bridgehead atoms. The largest absolute Gasteiger partial charge is 0.478 e. The van der Waals surface area contributed by atoms with Crippen molar-refractivity contribution in [1.82, 2.24) is 10.2 Å². The van der Waals surface area contributed by atoms with Gasteiger partial charge in [-0.3, -0.25) is 0 Å². The highest BCUT2D eigenvalue weighted by atomic mass is 16.4. The second-order valence-corrected chi connectivity index (χ2v) is 5.69. The Kier molecular flexibility index (Phi) is 5.20. The normalized spacial score (nSPS) is 14.9. The Bertz CT molecular complexity index is 493. The molecule has 114 valence electrons. The molecule has 1 fully saturated rings. The third-order valence-electron chi connectivity index (χ3n) is 4.00. The van der Waals surface area contributed by atoms with Crippen LogP contribution < -0.4 is 5.32 Å². The predicted molar refractivity (Wildman–Crippen MR) is 80.2 cm³/mol. The standard InChI is InChI=1S/C16H22N2O3/c1-18(11-13-4-2-3-5-13)16(21)17-10-12-6-8-14(9-7-12)15(19)20/h6-9,13H,2-5,10-11H2,1H3,(H,17,21)(H,19,20). The number of aromatic carboxylic acids is 1. The van der Waals surface area contributed by atoms with E-state index in [0.717, 1.165) is 12.1 Å². The number of nitrogens with zero attached hydrogens (tertiary/aromatic N) is 1. The summed E-state index contributed by atoms with van der Waals surface area (Å²) in [6, 6.07) is 6.46. The number of rotatable bonds is 5. The Morgan fingerprint density at radius 2 is 1.86 bits per heavy atom. The minimum Gasteiger partial charge on any atom is -0.478 e. The SMILES string of the molecule is CN(CC1CCCC1)C(=O)NCc1ccc(C(=O)O)cc1. The van der Waals surface area contributed by atoms with Crippen LogP contribution in [0.1, 0.15) is 41.6 Å². The molecule has 2 amide bonds. The Morgan fingerprint density at radius 1 is 1.24 bits per heavy atom. The summed E-state index contributed by atoms with van der Waals surface area (Å²) in [5.74, 6) is -0.308. The van der Waals surface area contributed by atoms with E-state index in [0.29, 0.717) is 12.5 Å². The zero-order valence-corrected chi connectivity index (χ0v) is 12.3. The molecule has 5 nitrogen and oxygen atoms in total. The van der Waals surface area contributed by atoms with Gasteiger partial charge >= 0.3 is 12.0 Å². The number of hydrogen-bond donors (Lipinski definition) is 2. The van der Waals surface area contributed by atoms with Crippen LogP contribution in [0.15, 0.2) is 24.3 Å². The molecule has 0 unspecified atom stereocenters. The zero-order chi connectivity index (χ0) is 15.2. The van der Waals surface area contributed by atoms with Crippen molar-refractivity contribution in [2.45, 2.75) is 32.2 Å². The Balaban J connectivity index is 1.78. The fourth-order valence-electron chi connectivity index (χ4n) is 2.74. The summed E-state index contributed by atoms with van der Waals surface area (Å²) >= 11 is 0. The van der Waals surface area contributed by atoms with Gasteiger partial charge in [0.25, 0.3) is 0 Å². The smallest absolute Gasteiger partial charge is 0.335 e. The van der Waals surface area contributed by atoms with E-state index < -0.39 is 5.97 Å². The van der Waals surface area contributed by atoms with E-state index >= 15 is 0 Å². The van der Waals surface area contributed by atoms with Gasteiger partial charge in [0.2, 0.25) is 0 Å². The quantitative estimate of drug-likeness (QED) is 0.876. The van der Waals surface area contributed by atoms with Crippen LogP contribution in [-0.4, -0.2) is 35.6 Å². The molecule has 1 aliphatic carbocycles. The number of hydrogen-bond acceptors (Lipinski definition) is 2. The Morgan fingerprint density at radius 3 is 2.43 bits per heavy atom. The van der Waals surface area contributed by atoms with Crippen molar-refractivity contribution in [3.05, 3.63) is 35.4 Å². The molecule has 1 aliphatic rings. The lowest BCUT2D eigenvalue weighted by molar-refractivity contribution is 0.0697. The highest BCUT2D eigenvalue weighted by Gasteiger charge is 2.19. The Hall–Kier alpha value is -2.04. The van der Waals surface area contributed by atoms with Crippen LogP contribution in [0, 0.1) is 5.92 Å². The molecule has 1 aromatic rings. The van der Waals surface area contributed by atoms with Gasteiger partial charge in [-0.25, -0.2) is 9.59 Å². The molecular weight excluding hydrogens is 268 g/mol. The molecule has 0 saturated heterocycles. The second kappa shape index (κ2) is 7.11. The first-order valence-electron chi connectivity index (χ1n) is 7.37. The van der Waals surface area contributed by atoms with Gasteiger partial charge in [0.1, 0.15) is 0 Å². The monoisotopic (exact) mass is 290 g/mol. The molecule has 0 aliphatic heterocycles. The second-order valence-electron chi connectivity index (χ2n) is 5.69. The first-order valence-corrected chi connectivity index (χ1v) is 7.37. The van der Waals surface area contributed by atoms with Crippen molar-refractivity contribution in [1.29, 1.82) is 0 Å². The molecule has 0 atom stereocenters. The molecule has 0 radical (unpaired) electrons. The number of carbonyl (C=O) groups is 2. The number of nitrogens with one attached hydrogen (secondary N) is 1. The van der Waals surface area contributed by atoms with Crippen molar-refractivity contribution in [2.24, 2.45) is 5.92 Å². The lowest BCUT2D eigenvalue weighted by Gasteiger charge is -2.21. The van der Waals surface area contributed by atoms with E-state index in [4.69, 9.17) is 5.11 Å². The van der Waals surface area contributed by atoms with Crippen LogP contribution in [0.4, 0.5) is 4.79 Å². The number of carbonyl (C=O) groups excluding carboxylic acids is 1. The fraction of sp³-hybridized carbons (Fsp3) is 0.500. The molecule has 5 heteroatoms. The van der Waals surface area contributed by atoms with Gasteiger partial charge in [-0.15, -0.1) is 0 Å².